The predicted molar refractivity (Wildman–Crippen MR) is 113 cm³/mol. The number of carbonyl (C=O) groups excluding carboxylic acids is 2. The molecule has 0 saturated heterocycles. The van der Waals surface area contributed by atoms with Crippen molar-refractivity contribution in [2.75, 3.05) is 12.3 Å². The Labute approximate surface area is 176 Å². The zero-order valence-electron chi connectivity index (χ0n) is 16.9. The molecule has 3 N–H and O–H groups in total. The summed E-state index contributed by atoms with van der Waals surface area (Å²) < 4.78 is 6.80. The lowest BCUT2D eigenvalue weighted by Gasteiger charge is -2.27. The summed E-state index contributed by atoms with van der Waals surface area (Å²) in [7, 11) is 2.51. The first-order chi connectivity index (χ1) is 14.7. The molecule has 0 radical (unpaired) electrons. The van der Waals surface area contributed by atoms with Gasteiger partial charge >= 0.3 is 11.7 Å². The van der Waals surface area contributed by atoms with Gasteiger partial charge in [-0.15, -0.1) is 0 Å². The molecule has 160 valence electrons. The zero-order chi connectivity index (χ0) is 22.8. The van der Waals surface area contributed by atoms with Crippen LogP contribution in [-0.4, -0.2) is 32.6 Å². The van der Waals surface area contributed by atoms with Crippen molar-refractivity contribution in [1.29, 1.82) is 0 Å². The molecular weight excluding hydrogens is 402 g/mol. The maximum absolute atomic E-state index is 13.0. The molecule has 0 bridgehead atoms. The van der Waals surface area contributed by atoms with E-state index < -0.39 is 40.8 Å². The van der Waals surface area contributed by atoms with Gasteiger partial charge in [-0.2, -0.15) is 0 Å². The lowest BCUT2D eigenvalue weighted by Crippen LogP contribution is -2.43. The second-order valence-corrected chi connectivity index (χ2v) is 6.91. The highest BCUT2D eigenvalue weighted by Gasteiger charge is 2.42. The number of hydrogen-bond acceptors (Lipinski definition) is 7. The average Bonchev–Trinajstić information content (AvgIpc) is 2.80. The first-order valence-corrected chi connectivity index (χ1v) is 9.29. The fourth-order valence-corrected chi connectivity index (χ4v) is 3.19. The molecular formula is C22H21N3O6. The predicted octanol–water partition coefficient (Wildman–Crippen LogP) is 0.328. The quantitative estimate of drug-likeness (QED) is 0.431. The molecule has 3 aromatic rings. The van der Waals surface area contributed by atoms with E-state index in [1.807, 2.05) is 0 Å². The Morgan fingerprint density at radius 3 is 1.90 bits per heavy atom. The van der Waals surface area contributed by atoms with Gasteiger partial charge in [0, 0.05) is 14.1 Å². The molecule has 0 aliphatic rings. The molecule has 9 nitrogen and oxygen atoms in total. The SMILES string of the molecule is Cn1c(N)c(C(=O)COC(=O)C(O)(c2ccccc2)c2ccccc2)c(=O)n(C)c1=O. The van der Waals surface area contributed by atoms with E-state index in [1.54, 1.807) is 60.7 Å². The molecule has 3 rings (SSSR count). The minimum absolute atomic E-state index is 0.246. The Morgan fingerprint density at radius 2 is 1.42 bits per heavy atom. The maximum atomic E-state index is 13.0. The standard InChI is InChI=1S/C22H21N3O6/c1-24-18(23)17(19(27)25(2)21(24)29)16(26)13-31-20(28)22(30,14-9-5-3-6-10-14)15-11-7-4-8-12-15/h3-12,30H,13,23H2,1-2H3. The van der Waals surface area contributed by atoms with Crippen molar-refractivity contribution in [2.24, 2.45) is 14.1 Å². The van der Waals surface area contributed by atoms with Crippen molar-refractivity contribution >= 4 is 17.6 Å². The van der Waals surface area contributed by atoms with Crippen molar-refractivity contribution in [3.8, 4) is 0 Å². The molecule has 0 amide bonds. The number of anilines is 1. The number of nitrogen functional groups attached to an aromatic ring is 1. The van der Waals surface area contributed by atoms with Crippen LogP contribution in [0.5, 0.6) is 0 Å². The third-order valence-corrected chi connectivity index (χ3v) is 5.00. The van der Waals surface area contributed by atoms with Crippen LogP contribution in [0, 0.1) is 0 Å². The van der Waals surface area contributed by atoms with Crippen molar-refractivity contribution < 1.29 is 19.4 Å². The number of nitrogens with zero attached hydrogens (tertiary/aromatic N) is 2. The molecule has 2 aromatic carbocycles. The van der Waals surface area contributed by atoms with Gasteiger partial charge in [0.25, 0.3) is 5.56 Å². The lowest BCUT2D eigenvalue weighted by atomic mass is 9.86. The summed E-state index contributed by atoms with van der Waals surface area (Å²) in [5.41, 5.74) is 2.01. The fraction of sp³-hybridized carbons (Fsp3) is 0.182. The second kappa shape index (κ2) is 8.41. The summed E-state index contributed by atoms with van der Waals surface area (Å²) in [5, 5.41) is 11.3. The van der Waals surface area contributed by atoms with Gasteiger partial charge in [-0.3, -0.25) is 18.7 Å². The van der Waals surface area contributed by atoms with Crippen LogP contribution in [0.1, 0.15) is 21.5 Å². The minimum atomic E-state index is -2.18. The second-order valence-electron chi connectivity index (χ2n) is 6.91. The summed E-state index contributed by atoms with van der Waals surface area (Å²) >= 11 is 0. The highest BCUT2D eigenvalue weighted by molar-refractivity contribution is 6.01. The van der Waals surface area contributed by atoms with Gasteiger partial charge in [0.1, 0.15) is 11.4 Å². The average molecular weight is 423 g/mol. The van der Waals surface area contributed by atoms with Crippen LogP contribution in [-0.2, 0) is 29.2 Å². The normalized spacial score (nSPS) is 11.2. The van der Waals surface area contributed by atoms with Crippen LogP contribution < -0.4 is 17.0 Å². The summed E-state index contributed by atoms with van der Waals surface area (Å²) in [6, 6.07) is 16.3. The number of aromatic nitrogens is 2. The minimum Gasteiger partial charge on any atom is -0.455 e. The van der Waals surface area contributed by atoms with E-state index in [-0.39, 0.29) is 16.9 Å². The number of ketones is 1. The molecule has 31 heavy (non-hydrogen) atoms. The Hall–Kier alpha value is -3.98. The number of ether oxygens (including phenoxy) is 1. The van der Waals surface area contributed by atoms with Crippen LogP contribution in [0.25, 0.3) is 0 Å². The van der Waals surface area contributed by atoms with E-state index in [0.717, 1.165) is 9.13 Å². The highest BCUT2D eigenvalue weighted by Crippen LogP contribution is 2.31. The van der Waals surface area contributed by atoms with Gasteiger partial charge in [0.05, 0.1) is 0 Å². The van der Waals surface area contributed by atoms with Crippen LogP contribution in [0.15, 0.2) is 70.3 Å². The number of aliphatic hydroxyl groups is 1. The molecule has 1 aromatic heterocycles. The van der Waals surface area contributed by atoms with E-state index in [2.05, 4.69) is 0 Å². The van der Waals surface area contributed by atoms with Gasteiger partial charge in [-0.25, -0.2) is 9.59 Å². The largest absolute Gasteiger partial charge is 0.455 e. The van der Waals surface area contributed by atoms with Gasteiger partial charge in [0.15, 0.2) is 6.61 Å². The number of nitrogens with two attached hydrogens (primary N) is 1. The first-order valence-electron chi connectivity index (χ1n) is 9.29. The van der Waals surface area contributed by atoms with Crippen molar-refractivity contribution in [2.45, 2.75) is 5.60 Å². The Morgan fingerprint density at radius 1 is 0.935 bits per heavy atom. The third kappa shape index (κ3) is 3.78. The number of benzene rings is 2. The van der Waals surface area contributed by atoms with E-state index in [4.69, 9.17) is 10.5 Å². The van der Waals surface area contributed by atoms with Crippen LogP contribution in [0.3, 0.4) is 0 Å². The Balaban J connectivity index is 1.94. The van der Waals surface area contributed by atoms with Crippen molar-refractivity contribution in [3.05, 3.63) is 98.2 Å². The van der Waals surface area contributed by atoms with Gasteiger partial charge in [-0.05, 0) is 11.1 Å². The summed E-state index contributed by atoms with van der Waals surface area (Å²) in [6.07, 6.45) is 0. The van der Waals surface area contributed by atoms with Gasteiger partial charge < -0.3 is 15.6 Å². The topological polar surface area (TPSA) is 134 Å². The highest BCUT2D eigenvalue weighted by atomic mass is 16.6. The molecule has 9 heteroatoms. The van der Waals surface area contributed by atoms with E-state index in [9.17, 15) is 24.3 Å². The van der Waals surface area contributed by atoms with Gasteiger partial charge in [0.2, 0.25) is 11.4 Å². The van der Waals surface area contributed by atoms with E-state index in [1.165, 1.54) is 14.1 Å². The van der Waals surface area contributed by atoms with E-state index in [0.29, 0.717) is 0 Å². The maximum Gasteiger partial charge on any atom is 0.348 e. The lowest BCUT2D eigenvalue weighted by molar-refractivity contribution is -0.160. The van der Waals surface area contributed by atoms with E-state index >= 15 is 0 Å². The van der Waals surface area contributed by atoms with Crippen LogP contribution >= 0.6 is 0 Å². The molecule has 0 atom stereocenters. The van der Waals surface area contributed by atoms with Crippen LogP contribution in [0.4, 0.5) is 5.82 Å². The first kappa shape index (κ1) is 21.7. The molecule has 0 saturated carbocycles. The third-order valence-electron chi connectivity index (χ3n) is 5.00. The Bertz CT molecular complexity index is 1210. The number of Topliss-reactive ketones (excluding diaryl/α,β-unsaturated/α-hetero) is 1. The number of rotatable bonds is 6. The molecule has 0 fully saturated rings. The Kier molecular flexibility index (Phi) is 5.89. The molecule has 0 aliphatic heterocycles. The monoisotopic (exact) mass is 423 g/mol. The number of carbonyl (C=O) groups is 2. The van der Waals surface area contributed by atoms with Gasteiger partial charge in [-0.1, -0.05) is 60.7 Å². The number of esters is 1. The fourth-order valence-electron chi connectivity index (χ4n) is 3.19. The van der Waals surface area contributed by atoms with Crippen molar-refractivity contribution in [3.63, 3.8) is 0 Å². The molecule has 0 spiro atoms. The summed E-state index contributed by atoms with van der Waals surface area (Å²) in [6.45, 7) is -0.849. The molecule has 0 aliphatic carbocycles. The summed E-state index contributed by atoms with van der Waals surface area (Å²) in [4.78, 5) is 49.9. The smallest absolute Gasteiger partial charge is 0.348 e. The van der Waals surface area contributed by atoms with Crippen molar-refractivity contribution in [1.82, 2.24) is 9.13 Å². The molecule has 0 unspecified atom stereocenters. The zero-order valence-corrected chi connectivity index (χ0v) is 16.9. The number of hydrogen-bond donors (Lipinski definition) is 2. The summed E-state index contributed by atoms with van der Waals surface area (Å²) in [5.74, 6) is -2.33. The van der Waals surface area contributed by atoms with Crippen LogP contribution in [0.2, 0.25) is 0 Å². The molecule has 1 heterocycles.